The fourth-order valence-electron chi connectivity index (χ4n) is 2.99. The molecule has 0 spiro atoms. The lowest BCUT2D eigenvalue weighted by Gasteiger charge is -2.20. The number of carbonyl (C=O) groups is 1. The molecule has 0 bridgehead atoms. The van der Waals surface area contributed by atoms with Crippen molar-refractivity contribution < 1.29 is 14.3 Å². The van der Waals surface area contributed by atoms with Crippen molar-refractivity contribution in [3.63, 3.8) is 0 Å². The maximum atomic E-state index is 13.0. The van der Waals surface area contributed by atoms with Crippen LogP contribution in [0.25, 0.3) is 11.0 Å². The lowest BCUT2D eigenvalue weighted by molar-refractivity contribution is 0.0990. The van der Waals surface area contributed by atoms with Gasteiger partial charge in [0.05, 0.1) is 25.0 Å². The van der Waals surface area contributed by atoms with Gasteiger partial charge >= 0.3 is 0 Å². The Kier molecular flexibility index (Phi) is 4.13. The van der Waals surface area contributed by atoms with Gasteiger partial charge in [-0.25, -0.2) is 15.0 Å². The lowest BCUT2D eigenvalue weighted by atomic mass is 10.2. The molecule has 134 valence electrons. The molecule has 9 nitrogen and oxygen atoms in total. The number of anilines is 2. The van der Waals surface area contributed by atoms with Gasteiger partial charge in [-0.1, -0.05) is 0 Å². The summed E-state index contributed by atoms with van der Waals surface area (Å²) in [5, 5.41) is 0.939. The highest BCUT2D eigenvalue weighted by atomic mass is 16.5. The summed E-state index contributed by atoms with van der Waals surface area (Å²) in [6, 6.07) is 3.89. The summed E-state index contributed by atoms with van der Waals surface area (Å²) in [4.78, 5) is 27.0. The van der Waals surface area contributed by atoms with Gasteiger partial charge in [0.15, 0.2) is 0 Å². The molecule has 0 fully saturated rings. The van der Waals surface area contributed by atoms with E-state index in [1.54, 1.807) is 18.2 Å². The van der Waals surface area contributed by atoms with Crippen LogP contribution in [0.5, 0.6) is 5.88 Å². The monoisotopic (exact) mass is 354 g/mol. The molecule has 0 aliphatic carbocycles. The molecule has 3 aromatic rings. The van der Waals surface area contributed by atoms with Crippen molar-refractivity contribution in [2.24, 2.45) is 0 Å². The number of nitrogen functional groups attached to an aromatic ring is 1. The third kappa shape index (κ3) is 2.72. The summed E-state index contributed by atoms with van der Waals surface area (Å²) in [5.74, 6) is 0.0203. The molecule has 0 atom stereocenters. The van der Waals surface area contributed by atoms with Crippen molar-refractivity contribution in [3.05, 3.63) is 36.4 Å². The summed E-state index contributed by atoms with van der Waals surface area (Å²) in [6.07, 6.45) is 4.91. The average Bonchev–Trinajstić information content (AvgIpc) is 2.96. The standard InChI is InChI=1S/C17H18N6O3/c1-25-6-4-22-3-2-11-8-12(9-19-15(11)22)23-5-7-26-16-13(17(23)24)14(18)20-10-21-16/h2-3,8-10H,4-7H2,1H3,(H2,18,20,21). The predicted molar refractivity (Wildman–Crippen MR) is 95.2 cm³/mol. The molecule has 4 rings (SSSR count). The largest absolute Gasteiger partial charge is 0.475 e. The number of nitrogens with two attached hydrogens (primary N) is 1. The summed E-state index contributed by atoms with van der Waals surface area (Å²) >= 11 is 0. The molecule has 0 saturated carbocycles. The summed E-state index contributed by atoms with van der Waals surface area (Å²) in [7, 11) is 1.66. The zero-order chi connectivity index (χ0) is 18.1. The second kappa shape index (κ2) is 6.60. The topological polar surface area (TPSA) is 108 Å². The number of carbonyl (C=O) groups excluding carboxylic acids is 1. The molecule has 0 radical (unpaired) electrons. The Morgan fingerprint density at radius 1 is 1.35 bits per heavy atom. The predicted octanol–water partition coefficient (Wildman–Crippen LogP) is 1.09. The average molecular weight is 354 g/mol. The van der Waals surface area contributed by atoms with Crippen molar-refractivity contribution in [1.82, 2.24) is 19.5 Å². The number of hydrogen-bond donors (Lipinski definition) is 1. The van der Waals surface area contributed by atoms with Gasteiger partial charge in [0.1, 0.15) is 30.0 Å². The van der Waals surface area contributed by atoms with Crippen LogP contribution in [0.3, 0.4) is 0 Å². The van der Waals surface area contributed by atoms with E-state index < -0.39 is 0 Å². The first kappa shape index (κ1) is 16.3. The van der Waals surface area contributed by atoms with Crippen molar-refractivity contribution in [2.45, 2.75) is 6.54 Å². The number of amides is 1. The minimum absolute atomic E-state index is 0.103. The number of ether oxygens (including phenoxy) is 2. The van der Waals surface area contributed by atoms with Crippen molar-refractivity contribution in [3.8, 4) is 5.88 Å². The molecule has 3 aromatic heterocycles. The van der Waals surface area contributed by atoms with Crippen LogP contribution < -0.4 is 15.4 Å². The number of hydrogen-bond acceptors (Lipinski definition) is 7. The Bertz CT molecular complexity index is 970. The highest BCUT2D eigenvalue weighted by Gasteiger charge is 2.29. The number of nitrogens with zero attached hydrogens (tertiary/aromatic N) is 5. The first-order chi connectivity index (χ1) is 12.7. The van der Waals surface area contributed by atoms with Crippen LogP contribution in [0.4, 0.5) is 11.5 Å². The van der Waals surface area contributed by atoms with E-state index in [0.717, 1.165) is 11.0 Å². The molecule has 9 heteroatoms. The van der Waals surface area contributed by atoms with Gasteiger partial charge in [0, 0.05) is 25.2 Å². The van der Waals surface area contributed by atoms with Gasteiger partial charge in [0.25, 0.3) is 5.91 Å². The van der Waals surface area contributed by atoms with Crippen LogP contribution in [0.15, 0.2) is 30.9 Å². The van der Waals surface area contributed by atoms with Crippen LogP contribution in [0, 0.1) is 0 Å². The number of pyridine rings is 1. The number of methoxy groups -OCH3 is 1. The first-order valence-corrected chi connectivity index (χ1v) is 8.18. The molecule has 0 saturated heterocycles. The second-order valence-electron chi connectivity index (χ2n) is 5.85. The quantitative estimate of drug-likeness (QED) is 0.747. The second-order valence-corrected chi connectivity index (χ2v) is 5.85. The van der Waals surface area contributed by atoms with E-state index >= 15 is 0 Å². The molecule has 1 aliphatic rings. The zero-order valence-electron chi connectivity index (χ0n) is 14.3. The van der Waals surface area contributed by atoms with E-state index in [1.807, 2.05) is 22.9 Å². The lowest BCUT2D eigenvalue weighted by Crippen LogP contribution is -2.32. The van der Waals surface area contributed by atoms with E-state index in [4.69, 9.17) is 15.2 Å². The smallest absolute Gasteiger partial charge is 0.267 e. The van der Waals surface area contributed by atoms with E-state index in [2.05, 4.69) is 15.0 Å². The molecule has 0 unspecified atom stereocenters. The Hall–Kier alpha value is -3.20. The fraction of sp³-hybridized carbons (Fsp3) is 0.294. The van der Waals surface area contributed by atoms with Crippen LogP contribution in [0.1, 0.15) is 10.4 Å². The van der Waals surface area contributed by atoms with Crippen molar-refractivity contribution >= 4 is 28.4 Å². The third-order valence-electron chi connectivity index (χ3n) is 4.29. The number of rotatable bonds is 4. The number of fused-ring (bicyclic) bond motifs is 2. The Balaban J connectivity index is 1.71. The van der Waals surface area contributed by atoms with E-state index in [1.165, 1.54) is 6.33 Å². The van der Waals surface area contributed by atoms with Crippen LogP contribution in [-0.4, -0.2) is 52.3 Å². The molecular formula is C17H18N6O3. The number of aromatic nitrogens is 4. The molecule has 26 heavy (non-hydrogen) atoms. The Morgan fingerprint density at radius 3 is 3.08 bits per heavy atom. The highest BCUT2D eigenvalue weighted by Crippen LogP contribution is 2.28. The molecule has 2 N–H and O–H groups in total. The van der Waals surface area contributed by atoms with Gasteiger partial charge in [0.2, 0.25) is 5.88 Å². The maximum Gasteiger partial charge on any atom is 0.267 e. The van der Waals surface area contributed by atoms with Crippen molar-refractivity contribution in [1.29, 1.82) is 0 Å². The van der Waals surface area contributed by atoms with Crippen LogP contribution in [0.2, 0.25) is 0 Å². The fourth-order valence-corrected chi connectivity index (χ4v) is 2.99. The summed E-state index contributed by atoms with van der Waals surface area (Å²) < 4.78 is 12.7. The third-order valence-corrected chi connectivity index (χ3v) is 4.29. The minimum Gasteiger partial charge on any atom is -0.475 e. The van der Waals surface area contributed by atoms with Gasteiger partial charge < -0.3 is 24.7 Å². The molecule has 1 amide bonds. The summed E-state index contributed by atoms with van der Waals surface area (Å²) in [6.45, 7) is 1.99. The van der Waals surface area contributed by atoms with Gasteiger partial charge in [-0.05, 0) is 12.1 Å². The van der Waals surface area contributed by atoms with Gasteiger partial charge in [-0.3, -0.25) is 4.79 Å². The highest BCUT2D eigenvalue weighted by molar-refractivity contribution is 6.11. The first-order valence-electron chi connectivity index (χ1n) is 8.18. The van der Waals surface area contributed by atoms with Crippen LogP contribution in [-0.2, 0) is 11.3 Å². The Labute approximate surface area is 149 Å². The van der Waals surface area contributed by atoms with Crippen molar-refractivity contribution in [2.75, 3.05) is 37.5 Å². The maximum absolute atomic E-state index is 13.0. The molecule has 1 aliphatic heterocycles. The zero-order valence-corrected chi connectivity index (χ0v) is 14.3. The van der Waals surface area contributed by atoms with Crippen LogP contribution >= 0.6 is 0 Å². The normalized spacial score (nSPS) is 14.2. The molecule has 4 heterocycles. The Morgan fingerprint density at radius 2 is 2.23 bits per heavy atom. The minimum atomic E-state index is -0.296. The van der Waals surface area contributed by atoms with E-state index in [-0.39, 0.29) is 23.2 Å². The molecule has 0 aromatic carbocycles. The van der Waals surface area contributed by atoms with Gasteiger partial charge in [-0.2, -0.15) is 0 Å². The van der Waals surface area contributed by atoms with Gasteiger partial charge in [-0.15, -0.1) is 0 Å². The van der Waals surface area contributed by atoms with E-state index in [9.17, 15) is 4.79 Å². The SMILES string of the molecule is COCCn1ccc2cc(N3CCOc4ncnc(N)c4C3=O)cnc21. The molecular weight excluding hydrogens is 336 g/mol. The van der Waals surface area contributed by atoms with E-state index in [0.29, 0.717) is 32.0 Å². The summed E-state index contributed by atoms with van der Waals surface area (Å²) in [5.41, 5.74) is 7.57.